The van der Waals surface area contributed by atoms with Crippen LogP contribution in [0, 0.1) is 0 Å². The molecule has 1 saturated heterocycles. The van der Waals surface area contributed by atoms with Crippen molar-refractivity contribution in [3.8, 4) is 0 Å². The summed E-state index contributed by atoms with van der Waals surface area (Å²) < 4.78 is 27.4. The van der Waals surface area contributed by atoms with Gasteiger partial charge >= 0.3 is 0 Å². The molecule has 2 aromatic rings. The van der Waals surface area contributed by atoms with Crippen LogP contribution in [0.3, 0.4) is 0 Å². The van der Waals surface area contributed by atoms with Gasteiger partial charge in [-0.25, -0.2) is 8.42 Å². The lowest BCUT2D eigenvalue weighted by atomic mass is 10.1. The number of nitrogens with one attached hydrogen (secondary N) is 1. The number of benzene rings is 2. The Hall–Kier alpha value is -0.850. The molecule has 1 N–H and O–H groups in total. The molecule has 0 spiro atoms. The minimum Gasteiger partial charge on any atom is -1.00 e. The first-order valence-corrected chi connectivity index (χ1v) is 8.80. The summed E-state index contributed by atoms with van der Waals surface area (Å²) in [7, 11) is -3.49. The molecule has 3 rings (SSSR count). The van der Waals surface area contributed by atoms with E-state index in [9.17, 15) is 8.42 Å². The molecule has 22 heavy (non-hydrogen) atoms. The largest absolute Gasteiger partial charge is 1.00 e. The molecule has 120 valence electrons. The first kappa shape index (κ1) is 17.5. The molecule has 7 heteroatoms. The molecule has 0 saturated carbocycles. The normalized spacial score (nSPS) is 17.0. The lowest BCUT2D eigenvalue weighted by molar-refractivity contribution is -0.00000670. The summed E-state index contributed by atoms with van der Waals surface area (Å²) in [5.41, 5.74) is 0. The summed E-state index contributed by atoms with van der Waals surface area (Å²) in [5.74, 6) is 0. The Kier molecular flexibility index (Phi) is 5.69. The number of hydrogen-bond donors (Lipinski definition) is 1. The zero-order valence-electron chi connectivity index (χ0n) is 11.9. The maximum atomic E-state index is 12.9. The Labute approximate surface area is 141 Å². The maximum absolute atomic E-state index is 12.9. The molecule has 0 amide bonds. The quantitative estimate of drug-likeness (QED) is 0.784. The van der Waals surface area contributed by atoms with E-state index in [0.717, 1.165) is 18.4 Å². The van der Waals surface area contributed by atoms with Gasteiger partial charge in [0.15, 0.2) is 0 Å². The molecule has 0 radical (unpaired) electrons. The molecule has 0 atom stereocenters. The Morgan fingerprint density at radius 1 is 1.00 bits per heavy atom. The van der Waals surface area contributed by atoms with Crippen LogP contribution in [0.1, 0.15) is 6.42 Å². The zero-order chi connectivity index (χ0) is 14.9. The van der Waals surface area contributed by atoms with Crippen LogP contribution in [0.25, 0.3) is 10.8 Å². The van der Waals surface area contributed by atoms with Crippen molar-refractivity contribution in [3.63, 3.8) is 0 Å². The fraction of sp³-hybridized carbons (Fsp3) is 0.333. The minimum absolute atomic E-state index is 0. The van der Waals surface area contributed by atoms with Crippen LogP contribution in [-0.4, -0.2) is 38.9 Å². The lowest BCUT2D eigenvalue weighted by Crippen LogP contribution is -3.00. The number of nitrogens with zero attached hydrogens (tertiary/aromatic N) is 1. The number of sulfonamides is 1. The van der Waals surface area contributed by atoms with E-state index in [0.29, 0.717) is 34.9 Å². The van der Waals surface area contributed by atoms with Crippen molar-refractivity contribution in [1.29, 1.82) is 0 Å². The minimum atomic E-state index is -3.49. The van der Waals surface area contributed by atoms with E-state index < -0.39 is 10.0 Å². The first-order valence-electron chi connectivity index (χ1n) is 6.99. The van der Waals surface area contributed by atoms with Crippen LogP contribution in [0.15, 0.2) is 41.3 Å². The predicted octanol–water partition coefficient (Wildman–Crippen LogP) is -0.519. The molecule has 0 aromatic heterocycles. The second-order valence-electron chi connectivity index (χ2n) is 5.10. The first-order chi connectivity index (χ1) is 10.1. The molecule has 0 unspecified atom stereocenters. The number of halogens is 2. The lowest BCUT2D eigenvalue weighted by Gasteiger charge is -2.20. The zero-order valence-corrected chi connectivity index (χ0v) is 14.3. The molecule has 4 nitrogen and oxygen atoms in total. The number of rotatable bonds is 2. The van der Waals surface area contributed by atoms with E-state index >= 15 is 0 Å². The average molecular weight is 360 g/mol. The SMILES string of the molecule is O=S(=O)(c1cccc2c(Cl)cccc12)N1CCCNCC1.[Cl-]. The van der Waals surface area contributed by atoms with Crippen molar-refractivity contribution in [1.82, 2.24) is 9.62 Å². The van der Waals surface area contributed by atoms with Crippen molar-refractivity contribution in [2.45, 2.75) is 11.3 Å². The molecule has 1 fully saturated rings. The van der Waals surface area contributed by atoms with Crippen LogP contribution in [0.2, 0.25) is 5.02 Å². The Morgan fingerprint density at radius 3 is 2.55 bits per heavy atom. The average Bonchev–Trinajstić information content (AvgIpc) is 2.77. The Morgan fingerprint density at radius 2 is 1.73 bits per heavy atom. The third-order valence-corrected chi connectivity index (χ3v) is 6.03. The Balaban J connectivity index is 0.00000176. The number of hydrogen-bond acceptors (Lipinski definition) is 3. The van der Waals surface area contributed by atoms with Gasteiger partial charge in [0.2, 0.25) is 10.0 Å². The van der Waals surface area contributed by atoms with E-state index in [2.05, 4.69) is 5.32 Å². The monoisotopic (exact) mass is 359 g/mol. The fourth-order valence-corrected chi connectivity index (χ4v) is 4.59. The van der Waals surface area contributed by atoms with Gasteiger partial charge in [-0.3, -0.25) is 0 Å². The van der Waals surface area contributed by atoms with Crippen LogP contribution < -0.4 is 17.7 Å². The second kappa shape index (κ2) is 7.15. The van der Waals surface area contributed by atoms with Crippen LogP contribution in [0.4, 0.5) is 0 Å². The summed E-state index contributed by atoms with van der Waals surface area (Å²) in [6, 6.07) is 10.6. The van der Waals surface area contributed by atoms with Crippen LogP contribution >= 0.6 is 11.6 Å². The van der Waals surface area contributed by atoms with Gasteiger partial charge in [-0.15, -0.1) is 0 Å². The van der Waals surface area contributed by atoms with E-state index in [1.807, 2.05) is 12.1 Å². The van der Waals surface area contributed by atoms with Crippen molar-refractivity contribution >= 4 is 32.4 Å². The van der Waals surface area contributed by atoms with Gasteiger partial charge in [-0.2, -0.15) is 4.31 Å². The topological polar surface area (TPSA) is 49.4 Å². The molecular weight excluding hydrogens is 343 g/mol. The maximum Gasteiger partial charge on any atom is 0.243 e. The molecule has 1 aliphatic rings. The molecule has 1 heterocycles. The summed E-state index contributed by atoms with van der Waals surface area (Å²) in [4.78, 5) is 0.337. The van der Waals surface area contributed by atoms with E-state index in [1.54, 1.807) is 28.6 Å². The van der Waals surface area contributed by atoms with Crippen molar-refractivity contribution in [2.75, 3.05) is 26.2 Å². The molecular formula is C15H17Cl2N2O2S-. The summed E-state index contributed by atoms with van der Waals surface area (Å²) in [6.07, 6.45) is 0.824. The Bertz CT molecular complexity index is 757. The second-order valence-corrected chi connectivity index (χ2v) is 7.41. The highest BCUT2D eigenvalue weighted by Crippen LogP contribution is 2.30. The van der Waals surface area contributed by atoms with E-state index in [1.165, 1.54) is 0 Å². The van der Waals surface area contributed by atoms with Gasteiger partial charge in [0.1, 0.15) is 0 Å². The highest BCUT2D eigenvalue weighted by atomic mass is 35.5. The van der Waals surface area contributed by atoms with Gasteiger partial charge in [-0.05, 0) is 25.1 Å². The fourth-order valence-electron chi connectivity index (χ4n) is 2.67. The van der Waals surface area contributed by atoms with Gasteiger partial charge in [-0.1, -0.05) is 35.9 Å². The van der Waals surface area contributed by atoms with Crippen molar-refractivity contribution in [3.05, 3.63) is 41.4 Å². The van der Waals surface area contributed by atoms with Gasteiger partial charge < -0.3 is 17.7 Å². The smallest absolute Gasteiger partial charge is 0.243 e. The molecule has 0 bridgehead atoms. The highest BCUT2D eigenvalue weighted by Gasteiger charge is 2.26. The van der Waals surface area contributed by atoms with E-state index in [-0.39, 0.29) is 12.4 Å². The number of fused-ring (bicyclic) bond motifs is 1. The molecule has 0 aliphatic carbocycles. The molecule has 1 aliphatic heterocycles. The van der Waals surface area contributed by atoms with Gasteiger partial charge in [0.25, 0.3) is 0 Å². The van der Waals surface area contributed by atoms with Crippen LogP contribution in [-0.2, 0) is 10.0 Å². The third kappa shape index (κ3) is 3.24. The highest BCUT2D eigenvalue weighted by molar-refractivity contribution is 7.89. The predicted molar refractivity (Wildman–Crippen MR) is 85.2 cm³/mol. The third-order valence-electron chi connectivity index (χ3n) is 3.75. The van der Waals surface area contributed by atoms with Crippen molar-refractivity contribution < 1.29 is 20.8 Å². The van der Waals surface area contributed by atoms with E-state index in [4.69, 9.17) is 11.6 Å². The van der Waals surface area contributed by atoms with Gasteiger partial charge in [0.05, 0.1) is 4.90 Å². The summed E-state index contributed by atoms with van der Waals surface area (Å²) in [5, 5.41) is 5.25. The summed E-state index contributed by atoms with van der Waals surface area (Å²) >= 11 is 6.17. The van der Waals surface area contributed by atoms with Crippen molar-refractivity contribution in [2.24, 2.45) is 0 Å². The van der Waals surface area contributed by atoms with Gasteiger partial charge in [0, 0.05) is 35.4 Å². The standard InChI is InChI=1S/C15H17ClN2O2S.ClH/c16-14-6-1-5-13-12(14)4-2-7-15(13)21(19,20)18-10-3-8-17-9-11-18;/h1-2,4-7,17H,3,8-11H2;1H/p-1. The summed E-state index contributed by atoms with van der Waals surface area (Å²) in [6.45, 7) is 2.59. The van der Waals surface area contributed by atoms with Crippen LogP contribution in [0.5, 0.6) is 0 Å². The molecule has 2 aromatic carbocycles.